The summed E-state index contributed by atoms with van der Waals surface area (Å²) in [4.78, 5) is 0.718. The Bertz CT molecular complexity index is 762. The third kappa shape index (κ3) is 2.17. The zero-order valence-electron chi connectivity index (χ0n) is 9.95. The number of nitrogens with one attached hydrogen (secondary N) is 1. The number of benzene rings is 1. The first-order valence-electron chi connectivity index (χ1n) is 5.60. The van der Waals surface area contributed by atoms with Gasteiger partial charge in [-0.25, -0.2) is 8.78 Å². The van der Waals surface area contributed by atoms with Crippen LogP contribution in [-0.4, -0.2) is 10.2 Å². The summed E-state index contributed by atoms with van der Waals surface area (Å²) in [5.41, 5.74) is 7.10. The summed E-state index contributed by atoms with van der Waals surface area (Å²) in [5, 5.41) is 9.00. The highest BCUT2D eigenvalue weighted by Crippen LogP contribution is 2.40. The van der Waals surface area contributed by atoms with Crippen LogP contribution in [0.2, 0.25) is 5.02 Å². The van der Waals surface area contributed by atoms with E-state index in [-0.39, 0.29) is 5.82 Å². The summed E-state index contributed by atoms with van der Waals surface area (Å²) in [6, 6.07) is 4.94. The van der Waals surface area contributed by atoms with Gasteiger partial charge in [-0.3, -0.25) is 5.10 Å². The molecule has 20 heavy (non-hydrogen) atoms. The van der Waals surface area contributed by atoms with Gasteiger partial charge in [0.15, 0.2) is 5.82 Å². The lowest BCUT2D eigenvalue weighted by Gasteiger charge is -2.04. The molecule has 0 saturated heterocycles. The van der Waals surface area contributed by atoms with Crippen molar-refractivity contribution in [3.05, 3.63) is 46.3 Å². The van der Waals surface area contributed by atoms with Gasteiger partial charge in [-0.15, -0.1) is 11.3 Å². The lowest BCUT2D eigenvalue weighted by Crippen LogP contribution is -1.90. The molecule has 102 valence electrons. The molecule has 0 radical (unpaired) electrons. The molecule has 1 aromatic carbocycles. The maximum absolute atomic E-state index is 13.4. The molecular formula is C13H8ClF2N3S. The maximum atomic E-state index is 13.4. The SMILES string of the molecule is Nc1n[nH]c(-c2sccc2Cl)c1-c1cc(F)cc(F)c1. The van der Waals surface area contributed by atoms with Crippen molar-refractivity contribution in [2.24, 2.45) is 0 Å². The second-order valence-corrected chi connectivity index (χ2v) is 5.44. The van der Waals surface area contributed by atoms with Crippen molar-refractivity contribution in [1.82, 2.24) is 10.2 Å². The molecular weight excluding hydrogens is 304 g/mol. The first-order chi connectivity index (χ1) is 9.56. The first-order valence-corrected chi connectivity index (χ1v) is 6.85. The number of aromatic amines is 1. The molecule has 3 N–H and O–H groups in total. The molecule has 7 heteroatoms. The molecule has 0 aliphatic rings. The van der Waals surface area contributed by atoms with Gasteiger partial charge in [0.2, 0.25) is 0 Å². The quantitative estimate of drug-likeness (QED) is 0.740. The fraction of sp³-hybridized carbons (Fsp3) is 0. The smallest absolute Gasteiger partial charge is 0.153 e. The highest BCUT2D eigenvalue weighted by molar-refractivity contribution is 7.14. The number of anilines is 1. The molecule has 3 aromatic rings. The van der Waals surface area contributed by atoms with Crippen LogP contribution in [0.15, 0.2) is 29.6 Å². The van der Waals surface area contributed by atoms with Gasteiger partial charge in [0, 0.05) is 6.07 Å². The lowest BCUT2D eigenvalue weighted by atomic mass is 10.0. The molecule has 0 bridgehead atoms. The summed E-state index contributed by atoms with van der Waals surface area (Å²) < 4.78 is 26.7. The minimum absolute atomic E-state index is 0.162. The molecule has 0 aliphatic carbocycles. The highest BCUT2D eigenvalue weighted by atomic mass is 35.5. The summed E-state index contributed by atoms with van der Waals surface area (Å²) >= 11 is 7.47. The van der Waals surface area contributed by atoms with Crippen LogP contribution in [-0.2, 0) is 0 Å². The van der Waals surface area contributed by atoms with E-state index in [2.05, 4.69) is 10.2 Å². The van der Waals surface area contributed by atoms with Crippen LogP contribution in [0.4, 0.5) is 14.6 Å². The first kappa shape index (κ1) is 13.1. The average Bonchev–Trinajstić information content (AvgIpc) is 2.93. The Kier molecular flexibility index (Phi) is 3.19. The summed E-state index contributed by atoms with van der Waals surface area (Å²) in [6.07, 6.45) is 0. The summed E-state index contributed by atoms with van der Waals surface area (Å²) in [6.45, 7) is 0. The minimum atomic E-state index is -0.677. The van der Waals surface area contributed by atoms with Crippen LogP contribution in [0.25, 0.3) is 21.7 Å². The normalized spacial score (nSPS) is 10.9. The second-order valence-electron chi connectivity index (χ2n) is 4.11. The van der Waals surface area contributed by atoms with Gasteiger partial charge in [0.25, 0.3) is 0 Å². The van der Waals surface area contributed by atoms with Crippen molar-refractivity contribution in [1.29, 1.82) is 0 Å². The topological polar surface area (TPSA) is 54.7 Å². The van der Waals surface area contributed by atoms with Crippen LogP contribution in [0.5, 0.6) is 0 Å². The van der Waals surface area contributed by atoms with E-state index < -0.39 is 11.6 Å². The largest absolute Gasteiger partial charge is 0.382 e. The van der Waals surface area contributed by atoms with E-state index in [9.17, 15) is 8.78 Å². The Morgan fingerprint density at radius 1 is 1.20 bits per heavy atom. The monoisotopic (exact) mass is 311 g/mol. The third-order valence-corrected chi connectivity index (χ3v) is 4.15. The Hall–Kier alpha value is -1.92. The van der Waals surface area contributed by atoms with E-state index in [0.717, 1.165) is 10.9 Å². The number of nitrogens with two attached hydrogens (primary N) is 1. The highest BCUT2D eigenvalue weighted by Gasteiger charge is 2.19. The van der Waals surface area contributed by atoms with Crippen molar-refractivity contribution >= 4 is 28.8 Å². The molecule has 0 atom stereocenters. The Morgan fingerprint density at radius 2 is 1.90 bits per heavy atom. The second kappa shape index (κ2) is 4.88. The number of rotatable bonds is 2. The number of hydrogen-bond acceptors (Lipinski definition) is 3. The van der Waals surface area contributed by atoms with Gasteiger partial charge in [0.1, 0.15) is 11.6 Å². The van der Waals surface area contributed by atoms with Crippen molar-refractivity contribution in [3.63, 3.8) is 0 Å². The molecule has 0 saturated carbocycles. The summed E-state index contributed by atoms with van der Waals surface area (Å²) in [7, 11) is 0. The molecule has 0 aliphatic heterocycles. The third-order valence-electron chi connectivity index (χ3n) is 2.79. The molecule has 3 nitrogen and oxygen atoms in total. The molecule has 3 rings (SSSR count). The van der Waals surface area contributed by atoms with Gasteiger partial charge in [-0.2, -0.15) is 5.10 Å². The number of halogens is 3. The Balaban J connectivity index is 2.24. The zero-order valence-corrected chi connectivity index (χ0v) is 11.5. The number of H-pyrrole nitrogens is 1. The molecule has 2 heterocycles. The van der Waals surface area contributed by atoms with Crippen molar-refractivity contribution in [2.75, 3.05) is 5.73 Å². The fourth-order valence-electron chi connectivity index (χ4n) is 1.98. The van der Waals surface area contributed by atoms with Crippen LogP contribution < -0.4 is 5.73 Å². The van der Waals surface area contributed by atoms with E-state index in [1.807, 2.05) is 5.38 Å². The van der Waals surface area contributed by atoms with E-state index in [1.165, 1.54) is 23.5 Å². The Morgan fingerprint density at radius 3 is 2.50 bits per heavy atom. The van der Waals surface area contributed by atoms with Crippen molar-refractivity contribution in [2.45, 2.75) is 0 Å². The zero-order chi connectivity index (χ0) is 14.3. The lowest BCUT2D eigenvalue weighted by molar-refractivity contribution is 0.584. The predicted octanol–water partition coefficient (Wildman–Crippen LogP) is 4.32. The van der Waals surface area contributed by atoms with E-state index in [4.69, 9.17) is 17.3 Å². The van der Waals surface area contributed by atoms with Gasteiger partial charge < -0.3 is 5.73 Å². The number of aromatic nitrogens is 2. The number of nitrogens with zero attached hydrogens (tertiary/aromatic N) is 1. The van der Waals surface area contributed by atoms with Crippen LogP contribution in [0.1, 0.15) is 0 Å². The predicted molar refractivity (Wildman–Crippen MR) is 76.7 cm³/mol. The fourth-order valence-corrected chi connectivity index (χ4v) is 3.14. The van der Waals surface area contributed by atoms with Crippen LogP contribution in [0, 0.1) is 11.6 Å². The molecule has 0 amide bonds. The van der Waals surface area contributed by atoms with E-state index >= 15 is 0 Å². The van der Waals surface area contributed by atoms with Crippen molar-refractivity contribution < 1.29 is 8.78 Å². The van der Waals surface area contributed by atoms with E-state index in [0.29, 0.717) is 21.8 Å². The van der Waals surface area contributed by atoms with E-state index in [1.54, 1.807) is 6.07 Å². The molecule has 2 aromatic heterocycles. The average molecular weight is 312 g/mol. The standard InChI is InChI=1S/C13H8ClF2N3S/c14-9-1-2-20-12(9)11-10(13(17)19-18-11)6-3-7(15)5-8(16)4-6/h1-5H,(H3,17,18,19). The summed E-state index contributed by atoms with van der Waals surface area (Å²) in [5.74, 6) is -1.19. The molecule has 0 unspecified atom stereocenters. The minimum Gasteiger partial charge on any atom is -0.382 e. The molecule has 0 spiro atoms. The number of nitrogen functional groups attached to an aromatic ring is 1. The number of hydrogen-bond donors (Lipinski definition) is 2. The van der Waals surface area contributed by atoms with Crippen molar-refractivity contribution in [3.8, 4) is 21.7 Å². The van der Waals surface area contributed by atoms with Gasteiger partial charge in [-0.1, -0.05) is 11.6 Å². The Labute approximate surface area is 122 Å². The van der Waals surface area contributed by atoms with Gasteiger partial charge in [0.05, 0.1) is 21.2 Å². The van der Waals surface area contributed by atoms with Gasteiger partial charge >= 0.3 is 0 Å². The number of thiophene rings is 1. The molecule has 0 fully saturated rings. The van der Waals surface area contributed by atoms with Crippen LogP contribution >= 0.6 is 22.9 Å². The van der Waals surface area contributed by atoms with Crippen LogP contribution in [0.3, 0.4) is 0 Å². The maximum Gasteiger partial charge on any atom is 0.153 e. The van der Waals surface area contributed by atoms with Gasteiger partial charge in [-0.05, 0) is 29.1 Å².